The molecule has 0 saturated heterocycles. The fraction of sp³-hybridized carbons (Fsp3) is 0.721. The van der Waals surface area contributed by atoms with Gasteiger partial charge in [-0.1, -0.05) is 158 Å². The van der Waals surface area contributed by atoms with Gasteiger partial charge < -0.3 is 20.1 Å². The van der Waals surface area contributed by atoms with E-state index in [2.05, 4.69) is 38.2 Å². The topological polar surface area (TPSA) is 134 Å². The first-order valence-corrected chi connectivity index (χ1v) is 22.3. The predicted octanol–water partition coefficient (Wildman–Crippen LogP) is 11.7. The molecular weight excluding hydrogens is 689 g/mol. The number of allylic oxidation sites excluding steroid dienone is 10. The van der Waals surface area contributed by atoms with E-state index in [1.807, 2.05) is 36.5 Å². The summed E-state index contributed by atoms with van der Waals surface area (Å²) in [6, 6.07) is 0. The molecule has 0 spiro atoms. The van der Waals surface area contributed by atoms with Gasteiger partial charge in [-0.15, -0.1) is 0 Å². The van der Waals surface area contributed by atoms with Gasteiger partial charge in [0.05, 0.1) is 13.2 Å². The highest BCUT2D eigenvalue weighted by atomic mass is 31.2. The van der Waals surface area contributed by atoms with Gasteiger partial charge >= 0.3 is 19.8 Å². The van der Waals surface area contributed by atoms with Gasteiger partial charge in [-0.05, 0) is 57.8 Å². The van der Waals surface area contributed by atoms with Crippen LogP contribution >= 0.6 is 7.82 Å². The van der Waals surface area contributed by atoms with Crippen molar-refractivity contribution in [3.8, 4) is 0 Å². The molecular formula is C43H76NO8P. The number of carbonyl (C=O) groups excluding carboxylic acids is 2. The molecule has 0 heterocycles. The third-order valence-electron chi connectivity index (χ3n) is 8.48. The molecule has 0 radical (unpaired) electrons. The molecule has 0 aromatic carbocycles. The second-order valence-corrected chi connectivity index (χ2v) is 15.0. The Hall–Kier alpha value is -2.29. The number of phosphoric acid groups is 1. The number of nitrogens with two attached hydrogens (primary N) is 1. The summed E-state index contributed by atoms with van der Waals surface area (Å²) in [5.41, 5.74) is 5.33. The van der Waals surface area contributed by atoms with E-state index in [1.165, 1.54) is 77.0 Å². The highest BCUT2D eigenvalue weighted by molar-refractivity contribution is 7.47. The summed E-state index contributed by atoms with van der Waals surface area (Å²) in [5, 5.41) is 0. The Labute approximate surface area is 323 Å². The van der Waals surface area contributed by atoms with Crippen LogP contribution in [0.15, 0.2) is 60.8 Å². The average molecular weight is 766 g/mol. The van der Waals surface area contributed by atoms with E-state index < -0.39 is 32.5 Å². The number of rotatable bonds is 38. The maximum Gasteiger partial charge on any atom is 0.472 e. The van der Waals surface area contributed by atoms with Crippen LogP contribution in [0, 0.1) is 0 Å². The van der Waals surface area contributed by atoms with Crippen LogP contribution in [-0.4, -0.2) is 49.3 Å². The van der Waals surface area contributed by atoms with Crippen LogP contribution in [0.4, 0.5) is 0 Å². The minimum atomic E-state index is -4.39. The van der Waals surface area contributed by atoms with Gasteiger partial charge in [0.2, 0.25) is 0 Å². The zero-order valence-electron chi connectivity index (χ0n) is 33.5. The second kappa shape index (κ2) is 39.4. The van der Waals surface area contributed by atoms with Crippen LogP contribution in [-0.2, 0) is 32.7 Å². The third kappa shape index (κ3) is 39.2. The van der Waals surface area contributed by atoms with E-state index in [1.54, 1.807) is 0 Å². The molecule has 2 unspecified atom stereocenters. The molecule has 10 heteroatoms. The number of hydrogen-bond acceptors (Lipinski definition) is 8. The quantitative estimate of drug-likeness (QED) is 0.0207. The first-order chi connectivity index (χ1) is 25.8. The van der Waals surface area contributed by atoms with E-state index >= 15 is 0 Å². The van der Waals surface area contributed by atoms with Gasteiger partial charge in [0.1, 0.15) is 6.61 Å². The largest absolute Gasteiger partial charge is 0.472 e. The molecule has 3 N–H and O–H groups in total. The van der Waals surface area contributed by atoms with Crippen molar-refractivity contribution in [3.63, 3.8) is 0 Å². The summed E-state index contributed by atoms with van der Waals surface area (Å²) in [6.45, 7) is 3.52. The SMILES string of the molecule is CC/C=C/C=C/C=C/C=C/CCCCCC(=O)OC(COC(=O)CCCCCCCCC/C=C/CCCCCCCCCC)COP(=O)(O)OCCN. The van der Waals surface area contributed by atoms with Crippen molar-refractivity contribution in [2.75, 3.05) is 26.4 Å². The Balaban J connectivity index is 4.20. The zero-order valence-corrected chi connectivity index (χ0v) is 34.4. The molecule has 0 fully saturated rings. The molecule has 0 saturated carbocycles. The zero-order chi connectivity index (χ0) is 38.9. The highest BCUT2D eigenvalue weighted by Gasteiger charge is 2.25. The van der Waals surface area contributed by atoms with E-state index in [-0.39, 0.29) is 32.6 Å². The van der Waals surface area contributed by atoms with Crippen molar-refractivity contribution >= 4 is 19.8 Å². The molecule has 0 aliphatic heterocycles. The van der Waals surface area contributed by atoms with Crippen LogP contribution in [0.1, 0.15) is 168 Å². The van der Waals surface area contributed by atoms with Gasteiger partial charge in [0.25, 0.3) is 0 Å². The Morgan fingerprint density at radius 2 is 1.06 bits per heavy atom. The Kier molecular flexibility index (Phi) is 37.7. The summed E-state index contributed by atoms with van der Waals surface area (Å²) >= 11 is 0. The number of unbranched alkanes of at least 4 members (excludes halogenated alkanes) is 18. The smallest absolute Gasteiger partial charge is 0.462 e. The maximum atomic E-state index is 12.5. The standard InChI is InChI=1S/C43H76NO8P/c1-3-5-7-9-11-13-15-17-18-19-20-21-22-24-25-27-29-31-33-35-42(45)49-39-41(40-51-53(47,48)50-38-37-44)52-43(46)36-34-32-30-28-26-23-16-14-12-10-8-6-4-2/h6,8,10,12,14,16,19-20,23,26,41H,3-5,7,9,11,13,15,17-18,21-22,24-25,27-40,44H2,1-2H3,(H,47,48)/b8-6+,12-10+,16-14+,20-19+,26-23+. The number of phosphoric ester groups is 1. The van der Waals surface area contributed by atoms with Crippen molar-refractivity contribution in [1.82, 2.24) is 0 Å². The molecule has 0 aliphatic carbocycles. The molecule has 2 atom stereocenters. The second-order valence-electron chi connectivity index (χ2n) is 13.6. The molecule has 0 aromatic rings. The number of carbonyl (C=O) groups is 2. The number of ether oxygens (including phenoxy) is 2. The minimum absolute atomic E-state index is 0.0434. The lowest BCUT2D eigenvalue weighted by molar-refractivity contribution is -0.161. The molecule has 0 aliphatic rings. The van der Waals surface area contributed by atoms with Crippen LogP contribution in [0.25, 0.3) is 0 Å². The highest BCUT2D eigenvalue weighted by Crippen LogP contribution is 2.43. The Bertz CT molecular complexity index is 1050. The van der Waals surface area contributed by atoms with Crippen molar-refractivity contribution < 1.29 is 37.6 Å². The fourth-order valence-corrected chi connectivity index (χ4v) is 6.17. The first kappa shape index (κ1) is 50.7. The van der Waals surface area contributed by atoms with Gasteiger partial charge in [0, 0.05) is 19.4 Å². The summed E-state index contributed by atoms with van der Waals surface area (Å²) in [5.74, 6) is -0.883. The summed E-state index contributed by atoms with van der Waals surface area (Å²) in [6.07, 6.45) is 45.4. The monoisotopic (exact) mass is 766 g/mol. The first-order valence-electron chi connectivity index (χ1n) is 20.8. The van der Waals surface area contributed by atoms with E-state index in [4.69, 9.17) is 24.3 Å². The van der Waals surface area contributed by atoms with Crippen molar-refractivity contribution in [2.45, 2.75) is 174 Å². The van der Waals surface area contributed by atoms with Crippen molar-refractivity contribution in [2.24, 2.45) is 5.73 Å². The lowest BCUT2D eigenvalue weighted by Gasteiger charge is -2.19. The van der Waals surface area contributed by atoms with Gasteiger partial charge in [-0.3, -0.25) is 18.6 Å². The van der Waals surface area contributed by atoms with E-state index in [0.29, 0.717) is 6.42 Å². The van der Waals surface area contributed by atoms with Gasteiger partial charge in [0.15, 0.2) is 6.10 Å². The molecule has 306 valence electrons. The fourth-order valence-electron chi connectivity index (χ4n) is 5.40. The number of hydrogen-bond donors (Lipinski definition) is 2. The van der Waals surface area contributed by atoms with Crippen LogP contribution in [0.3, 0.4) is 0 Å². The van der Waals surface area contributed by atoms with Gasteiger partial charge in [-0.2, -0.15) is 0 Å². The average Bonchev–Trinajstić information content (AvgIpc) is 3.14. The normalized spacial score (nSPS) is 14.0. The van der Waals surface area contributed by atoms with E-state index in [0.717, 1.165) is 57.8 Å². The van der Waals surface area contributed by atoms with Crippen LogP contribution in [0.5, 0.6) is 0 Å². The molecule has 0 bridgehead atoms. The Morgan fingerprint density at radius 3 is 1.62 bits per heavy atom. The Morgan fingerprint density at radius 1 is 0.585 bits per heavy atom. The minimum Gasteiger partial charge on any atom is -0.462 e. The summed E-state index contributed by atoms with van der Waals surface area (Å²) < 4.78 is 32.7. The van der Waals surface area contributed by atoms with Crippen molar-refractivity contribution in [1.29, 1.82) is 0 Å². The molecule has 9 nitrogen and oxygen atoms in total. The number of esters is 2. The molecule has 0 aromatic heterocycles. The third-order valence-corrected chi connectivity index (χ3v) is 9.47. The van der Waals surface area contributed by atoms with Crippen LogP contribution < -0.4 is 5.73 Å². The predicted molar refractivity (Wildman–Crippen MR) is 219 cm³/mol. The summed E-state index contributed by atoms with van der Waals surface area (Å²) in [7, 11) is -4.39. The maximum absolute atomic E-state index is 12.5. The molecule has 53 heavy (non-hydrogen) atoms. The van der Waals surface area contributed by atoms with Crippen LogP contribution in [0.2, 0.25) is 0 Å². The molecule has 0 rings (SSSR count). The van der Waals surface area contributed by atoms with Gasteiger partial charge in [-0.25, -0.2) is 4.57 Å². The van der Waals surface area contributed by atoms with Crippen molar-refractivity contribution in [3.05, 3.63) is 60.8 Å². The van der Waals surface area contributed by atoms with E-state index in [9.17, 15) is 19.0 Å². The summed E-state index contributed by atoms with van der Waals surface area (Å²) in [4.78, 5) is 34.8. The molecule has 0 amide bonds. The lowest BCUT2D eigenvalue weighted by atomic mass is 10.1. The lowest BCUT2D eigenvalue weighted by Crippen LogP contribution is -2.29.